The van der Waals surface area contributed by atoms with E-state index in [4.69, 9.17) is 27.9 Å². The first-order valence-corrected chi connectivity index (χ1v) is 11.0. The van der Waals surface area contributed by atoms with Crippen molar-refractivity contribution in [1.82, 2.24) is 4.90 Å². The number of morpholine rings is 1. The molecule has 4 rings (SSSR count). The highest BCUT2D eigenvalue weighted by Gasteiger charge is 2.49. The number of carbonyl (C=O) groups excluding carboxylic acids is 1. The Hall–Kier alpha value is -1.85. The average Bonchev–Trinajstić information content (AvgIpc) is 3.57. The van der Waals surface area contributed by atoms with Crippen LogP contribution >= 0.6 is 23.2 Å². The molecule has 1 amide bonds. The highest BCUT2D eigenvalue weighted by Crippen LogP contribution is 2.47. The zero-order valence-electron chi connectivity index (χ0n) is 16.6. The molecule has 1 saturated carbocycles. The van der Waals surface area contributed by atoms with Gasteiger partial charge in [-0.2, -0.15) is 0 Å². The van der Waals surface area contributed by atoms with Crippen molar-refractivity contribution < 1.29 is 14.6 Å². The zero-order chi connectivity index (χ0) is 21.3. The second-order valence-electron chi connectivity index (χ2n) is 7.95. The molecule has 1 N–H and O–H groups in total. The van der Waals surface area contributed by atoms with Gasteiger partial charge in [0.15, 0.2) is 0 Å². The van der Waals surface area contributed by atoms with E-state index >= 15 is 0 Å². The SMILES string of the molecule is C=CCC1OC(c2cccc(Cl)c2)C(c2ccc(Cl)cc2)N(C(CO)C2CC2)C1=O. The summed E-state index contributed by atoms with van der Waals surface area (Å²) >= 11 is 12.4. The molecular formula is C24H25Cl2NO3. The van der Waals surface area contributed by atoms with Crippen LogP contribution in [0, 0.1) is 5.92 Å². The number of aliphatic hydroxyl groups excluding tert-OH is 1. The molecule has 2 aromatic rings. The van der Waals surface area contributed by atoms with Crippen LogP contribution in [0.2, 0.25) is 10.0 Å². The van der Waals surface area contributed by atoms with Gasteiger partial charge in [0.05, 0.1) is 18.7 Å². The fourth-order valence-corrected chi connectivity index (χ4v) is 4.65. The Bertz CT molecular complexity index is 913. The first-order chi connectivity index (χ1) is 14.5. The molecular weight excluding hydrogens is 421 g/mol. The van der Waals surface area contributed by atoms with Crippen molar-refractivity contribution in [3.05, 3.63) is 82.4 Å². The van der Waals surface area contributed by atoms with Crippen molar-refractivity contribution in [1.29, 1.82) is 0 Å². The summed E-state index contributed by atoms with van der Waals surface area (Å²) in [5, 5.41) is 11.5. The third-order valence-electron chi connectivity index (χ3n) is 5.91. The first-order valence-electron chi connectivity index (χ1n) is 10.2. The zero-order valence-corrected chi connectivity index (χ0v) is 18.1. The number of amides is 1. The lowest BCUT2D eigenvalue weighted by molar-refractivity contribution is -0.181. The van der Waals surface area contributed by atoms with Crippen molar-refractivity contribution in [3.8, 4) is 0 Å². The number of hydrogen-bond acceptors (Lipinski definition) is 3. The number of hydrogen-bond donors (Lipinski definition) is 1. The molecule has 0 radical (unpaired) electrons. The van der Waals surface area contributed by atoms with Crippen LogP contribution < -0.4 is 0 Å². The highest BCUT2D eigenvalue weighted by molar-refractivity contribution is 6.30. The third kappa shape index (κ3) is 4.28. The summed E-state index contributed by atoms with van der Waals surface area (Å²) in [4.78, 5) is 15.4. The Morgan fingerprint density at radius 1 is 1.13 bits per heavy atom. The number of nitrogens with zero attached hydrogens (tertiary/aromatic N) is 1. The Morgan fingerprint density at radius 3 is 2.47 bits per heavy atom. The van der Waals surface area contributed by atoms with Gasteiger partial charge < -0.3 is 14.7 Å². The normalized spacial score (nSPS) is 25.2. The maximum absolute atomic E-state index is 13.5. The van der Waals surface area contributed by atoms with Crippen LogP contribution in [0.4, 0.5) is 0 Å². The molecule has 0 aromatic heterocycles. The minimum atomic E-state index is -0.650. The minimum Gasteiger partial charge on any atom is -0.394 e. The van der Waals surface area contributed by atoms with Crippen LogP contribution in [0.15, 0.2) is 61.2 Å². The summed E-state index contributed by atoms with van der Waals surface area (Å²) in [6.45, 7) is 3.71. The molecule has 4 atom stereocenters. The largest absolute Gasteiger partial charge is 0.394 e. The summed E-state index contributed by atoms with van der Waals surface area (Å²) < 4.78 is 6.37. The fraction of sp³-hybridized carbons (Fsp3) is 0.375. The topological polar surface area (TPSA) is 49.8 Å². The summed E-state index contributed by atoms with van der Waals surface area (Å²) in [5.74, 6) is 0.190. The van der Waals surface area contributed by atoms with Crippen LogP contribution in [-0.4, -0.2) is 34.7 Å². The van der Waals surface area contributed by atoms with Gasteiger partial charge >= 0.3 is 0 Å². The number of halogens is 2. The molecule has 1 aliphatic heterocycles. The lowest BCUT2D eigenvalue weighted by Crippen LogP contribution is -2.56. The Morgan fingerprint density at radius 2 is 1.87 bits per heavy atom. The fourth-order valence-electron chi connectivity index (χ4n) is 4.32. The van der Waals surface area contributed by atoms with Crippen molar-refractivity contribution >= 4 is 29.1 Å². The second-order valence-corrected chi connectivity index (χ2v) is 8.83. The van der Waals surface area contributed by atoms with Crippen molar-refractivity contribution in [3.63, 3.8) is 0 Å². The van der Waals surface area contributed by atoms with Crippen molar-refractivity contribution in [2.24, 2.45) is 5.92 Å². The summed E-state index contributed by atoms with van der Waals surface area (Å²) in [5.41, 5.74) is 1.80. The van der Waals surface area contributed by atoms with Gasteiger partial charge in [-0.25, -0.2) is 0 Å². The van der Waals surface area contributed by atoms with Gasteiger partial charge in [-0.3, -0.25) is 4.79 Å². The van der Waals surface area contributed by atoms with Gasteiger partial charge in [0.25, 0.3) is 5.91 Å². The predicted octanol–water partition coefficient (Wildman–Crippen LogP) is 5.35. The molecule has 2 fully saturated rings. The maximum atomic E-state index is 13.5. The number of carbonyl (C=O) groups is 1. The number of aliphatic hydroxyl groups is 1. The molecule has 2 aromatic carbocycles. The monoisotopic (exact) mass is 445 g/mol. The van der Waals surface area contributed by atoms with Crippen molar-refractivity contribution in [2.75, 3.05) is 6.61 Å². The van der Waals surface area contributed by atoms with E-state index in [1.807, 2.05) is 53.4 Å². The summed E-state index contributed by atoms with van der Waals surface area (Å²) in [7, 11) is 0. The Kier molecular flexibility index (Phi) is 6.49. The van der Waals surface area contributed by atoms with Crippen LogP contribution in [0.25, 0.3) is 0 Å². The molecule has 0 spiro atoms. The van der Waals surface area contributed by atoms with Gasteiger partial charge in [0.2, 0.25) is 0 Å². The van der Waals surface area contributed by atoms with E-state index in [1.54, 1.807) is 6.08 Å². The van der Waals surface area contributed by atoms with E-state index in [-0.39, 0.29) is 18.6 Å². The average molecular weight is 446 g/mol. The van der Waals surface area contributed by atoms with Gasteiger partial charge in [-0.05, 0) is 54.2 Å². The lowest BCUT2D eigenvalue weighted by Gasteiger charge is -2.48. The van der Waals surface area contributed by atoms with Crippen LogP contribution in [0.5, 0.6) is 0 Å². The molecule has 1 saturated heterocycles. The van der Waals surface area contributed by atoms with E-state index in [2.05, 4.69) is 6.58 Å². The smallest absolute Gasteiger partial charge is 0.253 e. The van der Waals surface area contributed by atoms with E-state index in [0.29, 0.717) is 22.4 Å². The summed E-state index contributed by atoms with van der Waals surface area (Å²) in [6.07, 6.45) is 3.04. The standard InChI is InChI=1S/C24H25Cl2NO3/c1-2-4-21-24(29)27(20(14-28)15-7-8-15)22(16-9-11-18(25)12-10-16)23(30-21)17-5-3-6-19(26)13-17/h2-3,5-6,9-13,15,20-23,28H,1,4,7-8,14H2. The predicted molar refractivity (Wildman–Crippen MR) is 119 cm³/mol. The van der Waals surface area contributed by atoms with Gasteiger partial charge in [0.1, 0.15) is 12.2 Å². The van der Waals surface area contributed by atoms with Gasteiger partial charge in [-0.1, -0.05) is 53.5 Å². The van der Waals surface area contributed by atoms with E-state index in [1.165, 1.54) is 0 Å². The van der Waals surface area contributed by atoms with Crippen LogP contribution in [-0.2, 0) is 9.53 Å². The first kappa shape index (κ1) is 21.4. The van der Waals surface area contributed by atoms with Gasteiger partial charge in [-0.15, -0.1) is 6.58 Å². The summed E-state index contributed by atoms with van der Waals surface area (Å²) in [6, 6.07) is 14.4. The quantitative estimate of drug-likeness (QED) is 0.584. The van der Waals surface area contributed by atoms with E-state index in [9.17, 15) is 9.90 Å². The number of benzene rings is 2. The molecule has 4 unspecified atom stereocenters. The minimum absolute atomic E-state index is 0.0798. The third-order valence-corrected chi connectivity index (χ3v) is 6.39. The molecule has 2 aliphatic rings. The lowest BCUT2D eigenvalue weighted by atomic mass is 9.89. The van der Waals surface area contributed by atoms with E-state index < -0.39 is 18.2 Å². The van der Waals surface area contributed by atoms with Crippen molar-refractivity contribution in [2.45, 2.75) is 43.6 Å². The Balaban J connectivity index is 1.84. The molecule has 1 aliphatic carbocycles. The van der Waals surface area contributed by atoms with E-state index in [0.717, 1.165) is 24.0 Å². The number of ether oxygens (including phenoxy) is 1. The van der Waals surface area contributed by atoms with Crippen LogP contribution in [0.1, 0.15) is 42.5 Å². The Labute approximate surface area is 187 Å². The van der Waals surface area contributed by atoms with Crippen LogP contribution in [0.3, 0.4) is 0 Å². The molecule has 0 bridgehead atoms. The second kappa shape index (κ2) is 9.11. The number of rotatable bonds is 7. The van der Waals surface area contributed by atoms with Gasteiger partial charge in [0, 0.05) is 16.5 Å². The molecule has 1 heterocycles. The highest BCUT2D eigenvalue weighted by atomic mass is 35.5. The maximum Gasteiger partial charge on any atom is 0.253 e. The molecule has 30 heavy (non-hydrogen) atoms. The molecule has 158 valence electrons. The molecule has 6 heteroatoms. The molecule has 4 nitrogen and oxygen atoms in total.